The molecular formula is C25H28N2O5. The van der Waals surface area contributed by atoms with E-state index in [0.717, 1.165) is 43.2 Å². The number of aliphatic carboxylic acids is 1. The molecule has 1 aromatic rings. The summed E-state index contributed by atoms with van der Waals surface area (Å²) in [6.45, 7) is 1.91. The van der Waals surface area contributed by atoms with Crippen molar-refractivity contribution in [2.75, 3.05) is 20.2 Å². The molecule has 3 aliphatic carbocycles. The Morgan fingerprint density at radius 1 is 1.34 bits per heavy atom. The number of methoxy groups -OCH3 is 1. The minimum atomic E-state index is -1.25. The zero-order chi connectivity index (χ0) is 22.3. The molecule has 1 saturated heterocycles. The van der Waals surface area contributed by atoms with Gasteiger partial charge in [0.25, 0.3) is 5.91 Å². The number of allylic oxidation sites excluding steroid dienone is 1. The van der Waals surface area contributed by atoms with Crippen molar-refractivity contribution in [1.82, 2.24) is 4.90 Å². The Morgan fingerprint density at radius 2 is 2.16 bits per heavy atom. The molecule has 1 aromatic carbocycles. The number of carbonyl (C=O) groups is 2. The number of hydrogen-bond donors (Lipinski definition) is 2. The van der Waals surface area contributed by atoms with Crippen molar-refractivity contribution in [3.8, 4) is 5.75 Å². The number of hydrogen-bond acceptors (Lipinski definition) is 5. The van der Waals surface area contributed by atoms with E-state index in [1.54, 1.807) is 7.11 Å². The molecule has 7 heteroatoms. The number of carboxylic acids is 1. The van der Waals surface area contributed by atoms with Crippen LogP contribution in [0, 0.1) is 11.8 Å². The van der Waals surface area contributed by atoms with Gasteiger partial charge in [-0.05, 0) is 74.2 Å². The number of aliphatic hydroxyl groups is 1. The Balaban J connectivity index is 1.49. The Morgan fingerprint density at radius 3 is 2.88 bits per heavy atom. The molecule has 32 heavy (non-hydrogen) atoms. The highest BCUT2D eigenvalue weighted by atomic mass is 16.5. The van der Waals surface area contributed by atoms with E-state index in [-0.39, 0.29) is 17.5 Å². The van der Waals surface area contributed by atoms with E-state index in [0.29, 0.717) is 18.6 Å². The van der Waals surface area contributed by atoms with Crippen molar-refractivity contribution in [3.05, 3.63) is 41.0 Å². The van der Waals surface area contributed by atoms with Crippen LogP contribution in [0.15, 0.2) is 34.8 Å². The second-order valence-corrected chi connectivity index (χ2v) is 10.2. The fourth-order valence-corrected chi connectivity index (χ4v) is 6.82. The molecule has 5 aliphatic rings. The lowest BCUT2D eigenvalue weighted by atomic mass is 9.47. The van der Waals surface area contributed by atoms with Crippen LogP contribution in [0.3, 0.4) is 0 Å². The number of dihydropyridines is 1. The summed E-state index contributed by atoms with van der Waals surface area (Å²) in [7, 11) is 1.65. The molecule has 2 aliphatic heterocycles. The maximum absolute atomic E-state index is 12.5. The number of piperidine rings is 1. The highest BCUT2D eigenvalue weighted by Gasteiger charge is 2.66. The molecule has 1 amide bonds. The quantitative estimate of drug-likeness (QED) is 0.702. The number of fused-ring (bicyclic) bond motifs is 2. The van der Waals surface area contributed by atoms with E-state index < -0.39 is 22.9 Å². The van der Waals surface area contributed by atoms with Gasteiger partial charge in [0.05, 0.1) is 12.7 Å². The van der Waals surface area contributed by atoms with E-state index in [1.807, 2.05) is 6.07 Å². The fraction of sp³-hybridized carbons (Fsp3) is 0.560. The Hall–Kier alpha value is -2.51. The number of nitrogens with zero attached hydrogens (tertiary/aromatic N) is 2. The second-order valence-electron chi connectivity index (χ2n) is 10.2. The van der Waals surface area contributed by atoms with Crippen LogP contribution < -0.4 is 4.74 Å². The summed E-state index contributed by atoms with van der Waals surface area (Å²) in [5, 5.41) is 22.0. The molecule has 6 rings (SSSR count). The molecule has 2 heterocycles. The number of carbonyl (C=O) groups excluding carboxylic acids is 1. The van der Waals surface area contributed by atoms with Crippen LogP contribution in [0.2, 0.25) is 0 Å². The van der Waals surface area contributed by atoms with Gasteiger partial charge in [0, 0.05) is 29.6 Å². The van der Waals surface area contributed by atoms with Gasteiger partial charge in [-0.1, -0.05) is 12.1 Å². The topological polar surface area (TPSA) is 99.4 Å². The van der Waals surface area contributed by atoms with Gasteiger partial charge >= 0.3 is 5.97 Å². The largest absolute Gasteiger partial charge is 0.497 e. The van der Waals surface area contributed by atoms with Gasteiger partial charge < -0.3 is 14.9 Å². The summed E-state index contributed by atoms with van der Waals surface area (Å²) in [5.41, 5.74) is 1.17. The third kappa shape index (κ3) is 2.70. The minimum absolute atomic E-state index is 0.0291. The van der Waals surface area contributed by atoms with Crippen molar-refractivity contribution in [2.24, 2.45) is 16.8 Å². The highest BCUT2D eigenvalue weighted by molar-refractivity contribution is 6.21. The molecule has 1 unspecified atom stereocenters. The number of aliphatic imine (C=N–C) groups is 1. The Bertz CT molecular complexity index is 1090. The minimum Gasteiger partial charge on any atom is -0.497 e. The van der Waals surface area contributed by atoms with Crippen LogP contribution in [-0.2, 0) is 21.4 Å². The smallest absolute Gasteiger partial charge is 0.341 e. The third-order valence-electron chi connectivity index (χ3n) is 8.60. The van der Waals surface area contributed by atoms with Gasteiger partial charge in [-0.15, -0.1) is 0 Å². The number of rotatable bonds is 4. The first-order valence-corrected chi connectivity index (χ1v) is 11.6. The first-order valence-electron chi connectivity index (χ1n) is 11.6. The summed E-state index contributed by atoms with van der Waals surface area (Å²) < 4.78 is 5.52. The summed E-state index contributed by atoms with van der Waals surface area (Å²) in [6.07, 6.45) is 6.44. The lowest BCUT2D eigenvalue weighted by Crippen LogP contribution is -2.74. The standard InChI is InChI=1S/C25H28N2O5/c1-32-17-5-4-15-9-21-25(31)11-16-8-18(23(29)30)22(28)26-20(16)12-24(25,19(15)10-17)6-7-27(21)13-14-2-3-14/h4-5,8,10,14,16,21,31H,2-3,6-7,9,11-13H2,1H3,(H,29,30)/t16?,21-,24-,25-/m1/s1. The van der Waals surface area contributed by atoms with E-state index >= 15 is 0 Å². The number of amides is 1. The van der Waals surface area contributed by atoms with Crippen molar-refractivity contribution in [1.29, 1.82) is 0 Å². The molecule has 0 aromatic heterocycles. The van der Waals surface area contributed by atoms with Crippen molar-refractivity contribution < 1.29 is 24.5 Å². The van der Waals surface area contributed by atoms with Crippen LogP contribution in [0.5, 0.6) is 5.75 Å². The van der Waals surface area contributed by atoms with E-state index in [9.17, 15) is 19.8 Å². The molecule has 2 bridgehead atoms. The number of carboxylic acid groups (broad SMARTS) is 1. The summed E-state index contributed by atoms with van der Waals surface area (Å²) in [6, 6.07) is 6.12. The first-order chi connectivity index (χ1) is 15.3. The van der Waals surface area contributed by atoms with Gasteiger partial charge in [-0.25, -0.2) is 9.79 Å². The maximum atomic E-state index is 12.5. The van der Waals surface area contributed by atoms with Gasteiger partial charge in [0.15, 0.2) is 0 Å². The van der Waals surface area contributed by atoms with Crippen LogP contribution >= 0.6 is 0 Å². The number of ether oxygens (including phenoxy) is 1. The maximum Gasteiger partial charge on any atom is 0.341 e. The van der Waals surface area contributed by atoms with E-state index in [2.05, 4.69) is 22.0 Å². The molecule has 7 nitrogen and oxygen atoms in total. The van der Waals surface area contributed by atoms with Crippen molar-refractivity contribution in [3.63, 3.8) is 0 Å². The number of benzene rings is 1. The molecule has 3 fully saturated rings. The predicted molar refractivity (Wildman–Crippen MR) is 117 cm³/mol. The molecule has 0 spiro atoms. The highest BCUT2D eigenvalue weighted by Crippen LogP contribution is 2.59. The monoisotopic (exact) mass is 436 g/mol. The summed E-state index contributed by atoms with van der Waals surface area (Å²) in [5.74, 6) is -0.784. The number of likely N-dealkylation sites (tertiary alicyclic amines) is 1. The van der Waals surface area contributed by atoms with Crippen molar-refractivity contribution in [2.45, 2.75) is 55.6 Å². The van der Waals surface area contributed by atoms with Crippen LogP contribution in [0.1, 0.15) is 43.2 Å². The molecule has 4 atom stereocenters. The van der Waals surface area contributed by atoms with Crippen LogP contribution in [-0.4, -0.2) is 64.5 Å². The molecule has 2 N–H and O–H groups in total. The molecule has 2 saturated carbocycles. The van der Waals surface area contributed by atoms with Gasteiger partial charge in [-0.3, -0.25) is 9.69 Å². The van der Waals surface area contributed by atoms with Crippen LogP contribution in [0.4, 0.5) is 0 Å². The van der Waals surface area contributed by atoms with Gasteiger partial charge in [-0.2, -0.15) is 0 Å². The second kappa shape index (κ2) is 6.75. The van der Waals surface area contributed by atoms with Gasteiger partial charge in [0.1, 0.15) is 11.3 Å². The fourth-order valence-electron chi connectivity index (χ4n) is 6.82. The zero-order valence-electron chi connectivity index (χ0n) is 18.2. The average Bonchev–Trinajstić information content (AvgIpc) is 3.57. The first kappa shape index (κ1) is 20.1. The lowest BCUT2D eigenvalue weighted by Gasteiger charge is -2.65. The summed E-state index contributed by atoms with van der Waals surface area (Å²) >= 11 is 0. The van der Waals surface area contributed by atoms with Gasteiger partial charge in [0.2, 0.25) is 0 Å². The van der Waals surface area contributed by atoms with Crippen LogP contribution in [0.25, 0.3) is 0 Å². The SMILES string of the molecule is COc1ccc2c(c1)[C@]13CCN(CC4CC4)[C@H](C2)[C@]1(O)CC1C=C(C(=O)O)C(=O)N=C1C3. The van der Waals surface area contributed by atoms with E-state index in [1.165, 1.54) is 24.5 Å². The predicted octanol–water partition coefficient (Wildman–Crippen LogP) is 2.11. The Labute approximate surface area is 186 Å². The van der Waals surface area contributed by atoms with Crippen molar-refractivity contribution >= 4 is 17.6 Å². The third-order valence-corrected chi connectivity index (χ3v) is 8.60. The molecule has 0 radical (unpaired) electrons. The zero-order valence-corrected chi connectivity index (χ0v) is 18.2. The molecular weight excluding hydrogens is 408 g/mol. The normalized spacial score (nSPS) is 35.8. The average molecular weight is 437 g/mol. The Kier molecular flexibility index (Phi) is 4.24. The summed E-state index contributed by atoms with van der Waals surface area (Å²) in [4.78, 5) is 30.7. The van der Waals surface area contributed by atoms with E-state index in [4.69, 9.17) is 4.74 Å². The molecule has 168 valence electrons. The lowest BCUT2D eigenvalue weighted by molar-refractivity contribution is -0.158.